The maximum absolute atomic E-state index is 8.87. The van der Waals surface area contributed by atoms with Gasteiger partial charge in [-0.05, 0) is 41.4 Å². The third-order valence-electron chi connectivity index (χ3n) is 7.68. The number of hydrogen-bond acceptors (Lipinski definition) is 5. The van der Waals surface area contributed by atoms with Gasteiger partial charge in [-0.25, -0.2) is 15.0 Å². The summed E-state index contributed by atoms with van der Waals surface area (Å²) in [4.78, 5) is 14.5. The number of para-hydroxylation sites is 2. The molecule has 6 aromatic carbocycles. The molecule has 5 heteroatoms. The normalized spacial score (nSPS) is 13.9. The van der Waals surface area contributed by atoms with Crippen molar-refractivity contribution in [2.45, 2.75) is 0 Å². The zero-order valence-electron chi connectivity index (χ0n) is 29.9. The molecule has 9 aromatic rings. The van der Waals surface area contributed by atoms with E-state index in [1.54, 1.807) is 24.3 Å². The second-order valence-electron chi connectivity index (χ2n) is 10.3. The molecule has 44 heavy (non-hydrogen) atoms. The maximum Gasteiger partial charge on any atom is 0.164 e. The van der Waals surface area contributed by atoms with E-state index >= 15 is 0 Å². The molecule has 0 aliphatic carbocycles. The fourth-order valence-corrected chi connectivity index (χ4v) is 5.58. The quantitative estimate of drug-likeness (QED) is 0.210. The van der Waals surface area contributed by atoms with Gasteiger partial charge in [0, 0.05) is 38.2 Å². The van der Waals surface area contributed by atoms with Crippen LogP contribution < -0.4 is 0 Å². The minimum Gasteiger partial charge on any atom is -0.456 e. The summed E-state index contributed by atoms with van der Waals surface area (Å²) in [6, 6.07) is 27.7. The van der Waals surface area contributed by atoms with Crippen LogP contribution in [0.5, 0.6) is 0 Å². The van der Waals surface area contributed by atoms with Crippen LogP contribution in [0, 0.1) is 0 Å². The summed E-state index contributed by atoms with van der Waals surface area (Å²) < 4.78 is 71.3. The van der Waals surface area contributed by atoms with Crippen LogP contribution in [-0.4, -0.2) is 15.0 Å². The van der Waals surface area contributed by atoms with Gasteiger partial charge in [-0.2, -0.15) is 0 Å². The first-order valence-corrected chi connectivity index (χ1v) is 14.0. The van der Waals surface area contributed by atoms with Crippen molar-refractivity contribution in [3.8, 4) is 45.3 Å². The Balaban J connectivity index is 1.21. The molecule has 0 saturated heterocycles. The molecular formula is C39H23N3O2. The van der Waals surface area contributed by atoms with Crippen LogP contribution in [0.2, 0.25) is 0 Å². The Morgan fingerprint density at radius 2 is 1.05 bits per heavy atom. The molecule has 0 radical (unpaired) electrons. The van der Waals surface area contributed by atoms with Crippen LogP contribution in [0.15, 0.2) is 148 Å². The number of furan rings is 2. The van der Waals surface area contributed by atoms with Crippen molar-refractivity contribution in [2.75, 3.05) is 0 Å². The number of nitrogens with zero attached hydrogens (tertiary/aromatic N) is 3. The molecule has 0 spiro atoms. The number of rotatable bonds is 4. The summed E-state index contributed by atoms with van der Waals surface area (Å²) in [7, 11) is 0. The molecule has 0 bridgehead atoms. The number of benzene rings is 6. The topological polar surface area (TPSA) is 65.0 Å². The second-order valence-corrected chi connectivity index (χ2v) is 10.3. The molecule has 0 saturated carbocycles. The summed E-state index contributed by atoms with van der Waals surface area (Å²) in [5, 5.41) is 2.26. The Hall–Kier alpha value is -6.07. The highest BCUT2D eigenvalue weighted by Gasteiger charge is 2.16. The molecule has 3 heterocycles. The Morgan fingerprint density at radius 3 is 1.89 bits per heavy atom. The molecule has 3 aromatic heterocycles. The Bertz CT molecular complexity index is 2890. The van der Waals surface area contributed by atoms with E-state index in [9.17, 15) is 0 Å². The fourth-order valence-electron chi connectivity index (χ4n) is 5.58. The van der Waals surface area contributed by atoms with E-state index in [1.165, 1.54) is 0 Å². The third-order valence-corrected chi connectivity index (χ3v) is 7.68. The minimum atomic E-state index is -0.467. The van der Waals surface area contributed by atoms with Gasteiger partial charge in [0.05, 0.1) is 9.60 Å². The van der Waals surface area contributed by atoms with Gasteiger partial charge in [0.25, 0.3) is 0 Å². The van der Waals surface area contributed by atoms with E-state index in [0.717, 1.165) is 27.5 Å². The van der Waals surface area contributed by atoms with E-state index in [0.29, 0.717) is 34.2 Å². The first kappa shape index (κ1) is 18.5. The van der Waals surface area contributed by atoms with Gasteiger partial charge in [-0.1, -0.05) is 109 Å². The SMILES string of the molecule is [2H]c1c([2H])c([2H])c2c(oc3c([2H])c([2H])c([2H])c(-c4ccc(-c5nc(-c6ccccc6)nc(-c6ccc7c(c6)oc6ccccc67)n5)cc4)c32)c1[2H]. The highest BCUT2D eigenvalue weighted by atomic mass is 16.3. The molecule has 0 unspecified atom stereocenters. The number of hydrogen-bond donors (Lipinski definition) is 0. The monoisotopic (exact) mass is 572 g/mol. The van der Waals surface area contributed by atoms with Crippen LogP contribution in [0.1, 0.15) is 9.60 Å². The summed E-state index contributed by atoms with van der Waals surface area (Å²) in [5.41, 5.74) is 4.21. The van der Waals surface area contributed by atoms with Crippen LogP contribution in [0.25, 0.3) is 89.2 Å². The van der Waals surface area contributed by atoms with E-state index in [4.69, 9.17) is 33.4 Å². The highest BCUT2D eigenvalue weighted by molar-refractivity contribution is 6.12. The van der Waals surface area contributed by atoms with Crippen molar-refractivity contribution < 1.29 is 18.4 Å². The standard InChI is InChI=1S/C39H23N3O2/c1-2-9-25(10-3-1)37-40-38(42-39(41-37)27-21-22-30-29-11-4-6-14-32(29)44-35(30)23-27)26-19-17-24(18-20-26)28-13-8-16-34-36(28)31-12-5-7-15-33(31)43-34/h1-23H/i5D,7D,8D,12D,13D,15D,16D. The molecule has 0 aliphatic rings. The van der Waals surface area contributed by atoms with Gasteiger partial charge < -0.3 is 8.83 Å². The Kier molecular flexibility index (Phi) is 4.09. The molecule has 0 aliphatic heterocycles. The predicted molar refractivity (Wildman–Crippen MR) is 176 cm³/mol. The lowest BCUT2D eigenvalue weighted by Gasteiger charge is -2.09. The van der Waals surface area contributed by atoms with Gasteiger partial charge in [-0.15, -0.1) is 0 Å². The number of aromatic nitrogens is 3. The van der Waals surface area contributed by atoms with Crippen molar-refractivity contribution in [3.05, 3.63) is 139 Å². The van der Waals surface area contributed by atoms with Gasteiger partial charge >= 0.3 is 0 Å². The Morgan fingerprint density at radius 1 is 0.432 bits per heavy atom. The van der Waals surface area contributed by atoms with E-state index in [-0.39, 0.29) is 57.7 Å². The van der Waals surface area contributed by atoms with Gasteiger partial charge in [-0.3, -0.25) is 0 Å². The average Bonchev–Trinajstić information content (AvgIpc) is 3.75. The fraction of sp³-hybridized carbons (Fsp3) is 0. The van der Waals surface area contributed by atoms with E-state index in [1.807, 2.05) is 72.8 Å². The summed E-state index contributed by atoms with van der Waals surface area (Å²) in [5.74, 6) is 1.32. The van der Waals surface area contributed by atoms with E-state index < -0.39 is 12.1 Å². The molecule has 0 amide bonds. The van der Waals surface area contributed by atoms with E-state index in [2.05, 4.69) is 0 Å². The minimum absolute atomic E-state index is 0.0631. The smallest absolute Gasteiger partial charge is 0.164 e. The molecule has 0 N–H and O–H groups in total. The molecule has 5 nitrogen and oxygen atoms in total. The van der Waals surface area contributed by atoms with Gasteiger partial charge in [0.1, 0.15) is 22.3 Å². The van der Waals surface area contributed by atoms with Crippen molar-refractivity contribution in [3.63, 3.8) is 0 Å². The lowest BCUT2D eigenvalue weighted by atomic mass is 9.98. The first-order valence-electron chi connectivity index (χ1n) is 17.5. The molecule has 9 rings (SSSR count). The van der Waals surface area contributed by atoms with Crippen molar-refractivity contribution >= 4 is 43.9 Å². The van der Waals surface area contributed by atoms with Crippen LogP contribution in [-0.2, 0) is 0 Å². The van der Waals surface area contributed by atoms with Crippen molar-refractivity contribution in [1.82, 2.24) is 15.0 Å². The van der Waals surface area contributed by atoms with Crippen LogP contribution in [0.4, 0.5) is 0 Å². The van der Waals surface area contributed by atoms with Gasteiger partial charge in [0.2, 0.25) is 0 Å². The highest BCUT2D eigenvalue weighted by Crippen LogP contribution is 2.37. The second kappa shape index (κ2) is 9.75. The maximum atomic E-state index is 8.87. The lowest BCUT2D eigenvalue weighted by molar-refractivity contribution is 0.668. The molecular weight excluding hydrogens is 542 g/mol. The third kappa shape index (κ3) is 3.98. The average molecular weight is 573 g/mol. The number of fused-ring (bicyclic) bond motifs is 6. The summed E-state index contributed by atoms with van der Waals surface area (Å²) in [6.45, 7) is 0. The van der Waals surface area contributed by atoms with Crippen LogP contribution in [0.3, 0.4) is 0 Å². The van der Waals surface area contributed by atoms with Crippen LogP contribution >= 0.6 is 0 Å². The predicted octanol–water partition coefficient (Wildman–Crippen LogP) is 10.3. The molecule has 0 atom stereocenters. The van der Waals surface area contributed by atoms with Crippen molar-refractivity contribution in [1.29, 1.82) is 0 Å². The largest absolute Gasteiger partial charge is 0.456 e. The first-order chi connectivity index (χ1) is 24.7. The zero-order valence-corrected chi connectivity index (χ0v) is 22.9. The summed E-state index contributed by atoms with van der Waals surface area (Å²) >= 11 is 0. The molecule has 206 valence electrons. The zero-order chi connectivity index (χ0) is 35.1. The van der Waals surface area contributed by atoms with Gasteiger partial charge in [0.15, 0.2) is 17.5 Å². The Labute approximate surface area is 261 Å². The summed E-state index contributed by atoms with van der Waals surface area (Å²) in [6.07, 6.45) is 0. The van der Waals surface area contributed by atoms with Crippen molar-refractivity contribution in [2.24, 2.45) is 0 Å². The molecule has 0 fully saturated rings. The lowest BCUT2D eigenvalue weighted by Crippen LogP contribution is -2.00.